The van der Waals surface area contributed by atoms with E-state index in [0.29, 0.717) is 23.5 Å². The molecule has 0 fully saturated rings. The van der Waals surface area contributed by atoms with Crippen LogP contribution in [-0.4, -0.2) is 58.6 Å². The van der Waals surface area contributed by atoms with Gasteiger partial charge in [0, 0.05) is 43.0 Å². The first-order valence-electron chi connectivity index (χ1n) is 13.0. The fourth-order valence-electron chi connectivity index (χ4n) is 5.15. The quantitative estimate of drug-likeness (QED) is 0.312. The standard InChI is InChI=1S/C28H36N8OS/c1-15(2)23-17(4)33-28(30-7-8-36(5)6)35-24(23)21-11-19-10-18(9-16(3)25(19)37-32-14-21)20-12-22-26(31-13-20)38-27(29)34-22/h9-10,12-13,15,21,32H,7-8,11,14H2,1-6H3,(H2,29,34)(H,30,33,35). The first kappa shape index (κ1) is 26.3. The fraction of sp³-hybridized carbons (Fsp3) is 0.429. The number of anilines is 2. The number of likely N-dealkylation sites (N-methyl/N-ethyl adjacent to an activating group) is 1. The maximum atomic E-state index is 6.09. The Hall–Kier alpha value is -3.34. The molecule has 4 heterocycles. The minimum absolute atomic E-state index is 0.123. The van der Waals surface area contributed by atoms with Crippen molar-refractivity contribution in [1.82, 2.24) is 30.3 Å². The van der Waals surface area contributed by atoms with Gasteiger partial charge in [-0.15, -0.1) is 0 Å². The van der Waals surface area contributed by atoms with Crippen LogP contribution in [0.3, 0.4) is 0 Å². The Morgan fingerprint density at radius 1 is 1.16 bits per heavy atom. The molecule has 0 saturated carbocycles. The van der Waals surface area contributed by atoms with E-state index in [2.05, 4.69) is 85.7 Å². The summed E-state index contributed by atoms with van der Waals surface area (Å²) in [7, 11) is 4.12. The van der Waals surface area contributed by atoms with Gasteiger partial charge < -0.3 is 20.8 Å². The van der Waals surface area contributed by atoms with E-state index in [0.717, 1.165) is 69.2 Å². The summed E-state index contributed by atoms with van der Waals surface area (Å²) in [4.78, 5) is 28.0. The van der Waals surface area contributed by atoms with E-state index in [1.54, 1.807) is 0 Å². The summed E-state index contributed by atoms with van der Waals surface area (Å²) in [5.74, 6) is 1.99. The normalized spacial score (nSPS) is 15.5. The number of rotatable bonds is 7. The van der Waals surface area contributed by atoms with Crippen LogP contribution in [0.25, 0.3) is 21.5 Å². The van der Waals surface area contributed by atoms with Crippen molar-refractivity contribution in [3.8, 4) is 16.9 Å². The summed E-state index contributed by atoms with van der Waals surface area (Å²) in [5, 5.41) is 3.95. The van der Waals surface area contributed by atoms with Gasteiger partial charge in [-0.1, -0.05) is 25.2 Å². The zero-order valence-electron chi connectivity index (χ0n) is 22.9. The number of hydrogen-bond acceptors (Lipinski definition) is 10. The number of fused-ring (bicyclic) bond motifs is 2. The van der Waals surface area contributed by atoms with Crippen molar-refractivity contribution in [1.29, 1.82) is 0 Å². The first-order valence-corrected chi connectivity index (χ1v) is 13.8. The number of nitrogens with zero attached hydrogens (tertiary/aromatic N) is 5. The zero-order valence-corrected chi connectivity index (χ0v) is 23.7. The van der Waals surface area contributed by atoms with E-state index < -0.39 is 0 Å². The molecular weight excluding hydrogens is 496 g/mol. The predicted molar refractivity (Wildman–Crippen MR) is 155 cm³/mol. The van der Waals surface area contributed by atoms with Gasteiger partial charge in [-0.2, -0.15) is 5.48 Å². The number of pyridine rings is 1. The molecule has 10 heteroatoms. The maximum absolute atomic E-state index is 6.09. The van der Waals surface area contributed by atoms with Crippen molar-refractivity contribution >= 4 is 32.8 Å². The molecule has 0 amide bonds. The predicted octanol–water partition coefficient (Wildman–Crippen LogP) is 4.67. The Bertz CT molecular complexity index is 1470. The highest BCUT2D eigenvalue weighted by Crippen LogP contribution is 2.38. The molecule has 0 spiro atoms. The van der Waals surface area contributed by atoms with E-state index in [1.165, 1.54) is 16.9 Å². The highest BCUT2D eigenvalue weighted by molar-refractivity contribution is 7.21. The number of nitrogens with two attached hydrogens (primary N) is 1. The monoisotopic (exact) mass is 532 g/mol. The second-order valence-corrected chi connectivity index (χ2v) is 11.6. The maximum Gasteiger partial charge on any atom is 0.223 e. The van der Waals surface area contributed by atoms with Gasteiger partial charge >= 0.3 is 0 Å². The van der Waals surface area contributed by atoms with E-state index in [4.69, 9.17) is 20.5 Å². The molecule has 4 aromatic rings. The summed E-state index contributed by atoms with van der Waals surface area (Å²) in [6.45, 7) is 10.9. The number of thiazole rings is 1. The summed E-state index contributed by atoms with van der Waals surface area (Å²) >= 11 is 1.40. The lowest BCUT2D eigenvalue weighted by atomic mass is 9.87. The van der Waals surface area contributed by atoms with Crippen LogP contribution in [0, 0.1) is 13.8 Å². The van der Waals surface area contributed by atoms with Gasteiger partial charge in [0.1, 0.15) is 10.3 Å². The molecule has 1 unspecified atom stereocenters. The highest BCUT2D eigenvalue weighted by atomic mass is 32.1. The molecule has 0 bridgehead atoms. The Morgan fingerprint density at radius 3 is 2.74 bits per heavy atom. The number of nitrogen functional groups attached to an aromatic ring is 1. The second kappa shape index (κ2) is 10.8. The van der Waals surface area contributed by atoms with Crippen LogP contribution in [0.1, 0.15) is 53.8 Å². The molecule has 4 N–H and O–H groups in total. The third-order valence-electron chi connectivity index (χ3n) is 6.89. The molecule has 5 rings (SSSR count). The number of nitrogens with one attached hydrogen (secondary N) is 2. The molecular formula is C28H36N8OS. The average Bonchev–Trinajstić information content (AvgIpc) is 3.08. The molecule has 3 aromatic heterocycles. The topological polar surface area (TPSA) is 114 Å². The van der Waals surface area contributed by atoms with Crippen LogP contribution in [0.15, 0.2) is 24.4 Å². The molecule has 0 saturated heterocycles. The minimum Gasteiger partial charge on any atom is -0.408 e. The van der Waals surface area contributed by atoms with Crippen LogP contribution in [0.2, 0.25) is 0 Å². The molecule has 1 atom stereocenters. The molecule has 9 nitrogen and oxygen atoms in total. The van der Waals surface area contributed by atoms with Crippen LogP contribution < -0.4 is 21.4 Å². The van der Waals surface area contributed by atoms with Crippen LogP contribution in [0.4, 0.5) is 11.1 Å². The van der Waals surface area contributed by atoms with Crippen LogP contribution in [-0.2, 0) is 6.42 Å². The van der Waals surface area contributed by atoms with Gasteiger partial charge in [0.15, 0.2) is 10.9 Å². The third-order valence-corrected chi connectivity index (χ3v) is 7.70. The lowest BCUT2D eigenvalue weighted by molar-refractivity contribution is 0.195. The fourth-order valence-corrected chi connectivity index (χ4v) is 5.81. The Morgan fingerprint density at radius 2 is 1.97 bits per heavy atom. The van der Waals surface area contributed by atoms with Gasteiger partial charge in [0.25, 0.3) is 0 Å². The van der Waals surface area contributed by atoms with Crippen LogP contribution >= 0.6 is 11.3 Å². The number of benzene rings is 1. The molecule has 1 aromatic carbocycles. The smallest absolute Gasteiger partial charge is 0.223 e. The van der Waals surface area contributed by atoms with Crippen molar-refractivity contribution in [3.63, 3.8) is 0 Å². The van der Waals surface area contributed by atoms with E-state index in [-0.39, 0.29) is 5.92 Å². The Kier molecular flexibility index (Phi) is 7.47. The van der Waals surface area contributed by atoms with Crippen molar-refractivity contribution in [2.45, 2.75) is 46.0 Å². The lowest BCUT2D eigenvalue weighted by Gasteiger charge is -2.22. The average molecular weight is 533 g/mol. The number of hydrogen-bond donors (Lipinski definition) is 3. The molecule has 200 valence electrons. The molecule has 0 aliphatic carbocycles. The van der Waals surface area contributed by atoms with Crippen molar-refractivity contribution in [2.24, 2.45) is 0 Å². The second-order valence-electron chi connectivity index (χ2n) is 10.5. The lowest BCUT2D eigenvalue weighted by Crippen LogP contribution is -2.26. The van der Waals surface area contributed by atoms with Gasteiger partial charge in [0.05, 0.1) is 5.69 Å². The molecule has 0 radical (unpaired) electrons. The SMILES string of the molecule is Cc1cc(-c2cnc3sc(N)nc3c2)cc2c1ONCC(c1nc(NCCN(C)C)nc(C)c1C(C)C)C2. The zero-order chi connectivity index (χ0) is 27.0. The van der Waals surface area contributed by atoms with Crippen LogP contribution in [0.5, 0.6) is 5.75 Å². The Balaban J connectivity index is 1.51. The van der Waals surface area contributed by atoms with Gasteiger partial charge in [0.2, 0.25) is 5.95 Å². The molecule has 38 heavy (non-hydrogen) atoms. The Labute approximate surface area is 227 Å². The summed E-state index contributed by atoms with van der Waals surface area (Å²) in [6, 6.07) is 6.40. The van der Waals surface area contributed by atoms with Gasteiger partial charge in [-0.25, -0.2) is 19.9 Å². The first-order chi connectivity index (χ1) is 18.2. The number of hydroxylamine groups is 1. The summed E-state index contributed by atoms with van der Waals surface area (Å²) < 4.78 is 0. The summed E-state index contributed by atoms with van der Waals surface area (Å²) in [6.07, 6.45) is 2.69. The highest BCUT2D eigenvalue weighted by Gasteiger charge is 2.27. The van der Waals surface area contributed by atoms with Crippen molar-refractivity contribution in [2.75, 3.05) is 44.8 Å². The molecule has 1 aliphatic heterocycles. The minimum atomic E-state index is 0.123. The van der Waals surface area contributed by atoms with E-state index in [9.17, 15) is 0 Å². The van der Waals surface area contributed by atoms with Crippen molar-refractivity contribution < 1.29 is 4.84 Å². The third kappa shape index (κ3) is 5.43. The van der Waals surface area contributed by atoms with Gasteiger partial charge in [-0.3, -0.25) is 0 Å². The number of aryl methyl sites for hydroxylation is 2. The number of aromatic nitrogens is 4. The van der Waals surface area contributed by atoms with Crippen molar-refractivity contribution in [3.05, 3.63) is 52.5 Å². The molecule has 1 aliphatic rings. The van der Waals surface area contributed by atoms with E-state index >= 15 is 0 Å². The van der Waals surface area contributed by atoms with E-state index in [1.807, 2.05) is 6.20 Å². The van der Waals surface area contributed by atoms with Gasteiger partial charge in [-0.05, 0) is 80.7 Å². The summed E-state index contributed by atoms with van der Waals surface area (Å²) in [5.41, 5.74) is 17.6. The largest absolute Gasteiger partial charge is 0.408 e.